The van der Waals surface area contributed by atoms with Crippen LogP contribution in [0.2, 0.25) is 0 Å². The van der Waals surface area contributed by atoms with E-state index < -0.39 is 5.41 Å². The summed E-state index contributed by atoms with van der Waals surface area (Å²) in [6, 6.07) is 6.97. The maximum absolute atomic E-state index is 11.9. The molecule has 5 N–H and O–H groups in total. The number of nitrogens with two attached hydrogens (primary N) is 2. The van der Waals surface area contributed by atoms with E-state index in [-0.39, 0.29) is 18.4 Å². The second-order valence-electron chi connectivity index (χ2n) is 5.56. The van der Waals surface area contributed by atoms with Crippen molar-refractivity contribution in [2.24, 2.45) is 11.1 Å². The Bertz CT molecular complexity index is 514. The third-order valence-electron chi connectivity index (χ3n) is 3.71. The molecular weight excluding hydrogens is 256 g/mol. The summed E-state index contributed by atoms with van der Waals surface area (Å²) in [7, 11) is 0. The van der Waals surface area contributed by atoms with Gasteiger partial charge in [0.15, 0.2) is 0 Å². The third-order valence-corrected chi connectivity index (χ3v) is 3.71. The van der Waals surface area contributed by atoms with Crippen LogP contribution in [0, 0.1) is 5.41 Å². The molecule has 0 aromatic heterocycles. The van der Waals surface area contributed by atoms with Crippen LogP contribution in [-0.4, -0.2) is 36.3 Å². The number of benzene rings is 1. The van der Waals surface area contributed by atoms with Crippen LogP contribution in [0.25, 0.3) is 0 Å². The number of nitrogen functional groups attached to an aromatic ring is 1. The van der Waals surface area contributed by atoms with Gasteiger partial charge in [-0.05, 0) is 44.2 Å². The van der Waals surface area contributed by atoms with Crippen molar-refractivity contribution in [2.75, 3.05) is 30.7 Å². The Labute approximate surface area is 118 Å². The second kappa shape index (κ2) is 5.50. The molecule has 1 aliphatic rings. The van der Waals surface area contributed by atoms with Crippen LogP contribution in [0.15, 0.2) is 24.3 Å². The Balaban J connectivity index is 1.87. The quantitative estimate of drug-likeness (QED) is 0.693. The molecule has 2 amide bonds. The zero-order valence-corrected chi connectivity index (χ0v) is 11.6. The SMILES string of the molecule is CC1(C(N)=O)CCN(CC(=O)Nc2ccc(N)cc2)C1. The van der Waals surface area contributed by atoms with E-state index in [0.29, 0.717) is 30.9 Å². The molecule has 20 heavy (non-hydrogen) atoms. The van der Waals surface area contributed by atoms with Crippen molar-refractivity contribution < 1.29 is 9.59 Å². The number of carbonyl (C=O) groups is 2. The van der Waals surface area contributed by atoms with Gasteiger partial charge in [0.2, 0.25) is 11.8 Å². The van der Waals surface area contributed by atoms with Crippen molar-refractivity contribution in [3.63, 3.8) is 0 Å². The van der Waals surface area contributed by atoms with Gasteiger partial charge in [-0.2, -0.15) is 0 Å². The first kappa shape index (κ1) is 14.3. The predicted octanol–water partition coefficient (Wildman–Crippen LogP) is 0.405. The number of hydrogen-bond donors (Lipinski definition) is 3. The Hall–Kier alpha value is -2.08. The number of rotatable bonds is 4. The van der Waals surface area contributed by atoms with Gasteiger partial charge in [-0.25, -0.2) is 0 Å². The summed E-state index contributed by atoms with van der Waals surface area (Å²) >= 11 is 0. The molecule has 0 spiro atoms. The van der Waals surface area contributed by atoms with Crippen molar-refractivity contribution in [3.05, 3.63) is 24.3 Å². The summed E-state index contributed by atoms with van der Waals surface area (Å²) < 4.78 is 0. The maximum Gasteiger partial charge on any atom is 0.238 e. The van der Waals surface area contributed by atoms with Gasteiger partial charge >= 0.3 is 0 Å². The minimum atomic E-state index is -0.526. The molecule has 1 aromatic carbocycles. The Kier molecular flexibility index (Phi) is 3.94. The van der Waals surface area contributed by atoms with Gasteiger partial charge in [-0.15, -0.1) is 0 Å². The normalized spacial score (nSPS) is 22.6. The molecule has 2 rings (SSSR count). The van der Waals surface area contributed by atoms with E-state index in [1.807, 2.05) is 11.8 Å². The van der Waals surface area contributed by atoms with Gasteiger partial charge in [0, 0.05) is 17.9 Å². The highest BCUT2D eigenvalue weighted by Gasteiger charge is 2.39. The van der Waals surface area contributed by atoms with E-state index >= 15 is 0 Å². The number of likely N-dealkylation sites (tertiary alicyclic amines) is 1. The van der Waals surface area contributed by atoms with Crippen LogP contribution in [0.3, 0.4) is 0 Å². The highest BCUT2D eigenvalue weighted by molar-refractivity contribution is 5.92. The Morgan fingerprint density at radius 3 is 2.55 bits per heavy atom. The topological polar surface area (TPSA) is 101 Å². The van der Waals surface area contributed by atoms with E-state index in [2.05, 4.69) is 5.32 Å². The summed E-state index contributed by atoms with van der Waals surface area (Å²) in [5, 5.41) is 2.80. The highest BCUT2D eigenvalue weighted by Crippen LogP contribution is 2.29. The summed E-state index contributed by atoms with van der Waals surface area (Å²) in [4.78, 5) is 25.2. The lowest BCUT2D eigenvalue weighted by atomic mass is 9.89. The summed E-state index contributed by atoms with van der Waals surface area (Å²) in [6.45, 7) is 3.33. The molecule has 1 saturated heterocycles. The van der Waals surface area contributed by atoms with Crippen LogP contribution < -0.4 is 16.8 Å². The first-order valence-electron chi connectivity index (χ1n) is 6.57. The number of primary amides is 1. The van der Waals surface area contributed by atoms with Crippen molar-refractivity contribution in [1.82, 2.24) is 4.90 Å². The Morgan fingerprint density at radius 2 is 2.00 bits per heavy atom. The van der Waals surface area contributed by atoms with E-state index in [9.17, 15) is 9.59 Å². The van der Waals surface area contributed by atoms with Gasteiger partial charge in [-0.1, -0.05) is 0 Å². The van der Waals surface area contributed by atoms with Crippen molar-refractivity contribution in [3.8, 4) is 0 Å². The zero-order chi connectivity index (χ0) is 14.8. The average molecular weight is 276 g/mol. The molecule has 1 heterocycles. The first-order chi connectivity index (χ1) is 9.39. The molecule has 0 saturated carbocycles. The molecule has 0 aliphatic carbocycles. The minimum absolute atomic E-state index is 0.108. The lowest BCUT2D eigenvalue weighted by molar-refractivity contribution is -0.126. The standard InChI is InChI=1S/C14H20N4O2/c1-14(13(16)20)6-7-18(9-14)8-12(19)17-11-4-2-10(15)3-5-11/h2-5H,6-9,15H2,1H3,(H2,16,20)(H,17,19). The number of hydrogen-bond acceptors (Lipinski definition) is 4. The van der Waals surface area contributed by atoms with E-state index in [4.69, 9.17) is 11.5 Å². The highest BCUT2D eigenvalue weighted by atomic mass is 16.2. The van der Waals surface area contributed by atoms with Gasteiger partial charge in [-0.3, -0.25) is 14.5 Å². The fourth-order valence-electron chi connectivity index (χ4n) is 2.36. The Morgan fingerprint density at radius 1 is 1.35 bits per heavy atom. The lowest BCUT2D eigenvalue weighted by Crippen LogP contribution is -2.39. The van der Waals surface area contributed by atoms with Crippen molar-refractivity contribution >= 4 is 23.2 Å². The van der Waals surface area contributed by atoms with Crippen LogP contribution in [0.5, 0.6) is 0 Å². The van der Waals surface area contributed by atoms with Crippen molar-refractivity contribution in [1.29, 1.82) is 0 Å². The smallest absolute Gasteiger partial charge is 0.238 e. The average Bonchev–Trinajstić information content (AvgIpc) is 2.75. The third kappa shape index (κ3) is 3.27. The monoisotopic (exact) mass is 276 g/mol. The summed E-state index contributed by atoms with van der Waals surface area (Å²) in [5.74, 6) is -0.414. The molecule has 0 bridgehead atoms. The number of anilines is 2. The fraction of sp³-hybridized carbons (Fsp3) is 0.429. The molecule has 6 nitrogen and oxygen atoms in total. The first-order valence-corrected chi connectivity index (χ1v) is 6.57. The van der Waals surface area contributed by atoms with Crippen LogP contribution in [0.4, 0.5) is 11.4 Å². The molecule has 1 aromatic rings. The fourth-order valence-corrected chi connectivity index (χ4v) is 2.36. The van der Waals surface area contributed by atoms with Crippen LogP contribution in [0.1, 0.15) is 13.3 Å². The van der Waals surface area contributed by atoms with E-state index in [1.165, 1.54) is 0 Å². The molecule has 1 atom stereocenters. The second-order valence-corrected chi connectivity index (χ2v) is 5.56. The van der Waals surface area contributed by atoms with Gasteiger partial charge in [0.25, 0.3) is 0 Å². The molecule has 1 unspecified atom stereocenters. The summed E-state index contributed by atoms with van der Waals surface area (Å²) in [5.41, 5.74) is 11.8. The molecule has 1 fully saturated rings. The van der Waals surface area contributed by atoms with E-state index in [1.54, 1.807) is 24.3 Å². The molecular formula is C14H20N4O2. The lowest BCUT2D eigenvalue weighted by Gasteiger charge is -2.20. The summed E-state index contributed by atoms with van der Waals surface area (Å²) in [6.07, 6.45) is 0.692. The largest absolute Gasteiger partial charge is 0.399 e. The number of carbonyl (C=O) groups excluding carboxylic acids is 2. The zero-order valence-electron chi connectivity index (χ0n) is 11.6. The van der Waals surface area contributed by atoms with E-state index in [0.717, 1.165) is 0 Å². The number of nitrogens with one attached hydrogen (secondary N) is 1. The van der Waals surface area contributed by atoms with Crippen molar-refractivity contribution in [2.45, 2.75) is 13.3 Å². The van der Waals surface area contributed by atoms with Gasteiger partial charge in [0.05, 0.1) is 12.0 Å². The number of amides is 2. The minimum Gasteiger partial charge on any atom is -0.399 e. The van der Waals surface area contributed by atoms with Crippen LogP contribution >= 0.6 is 0 Å². The molecule has 0 radical (unpaired) electrons. The number of nitrogens with zero attached hydrogens (tertiary/aromatic N) is 1. The van der Waals surface area contributed by atoms with Gasteiger partial charge < -0.3 is 16.8 Å². The predicted molar refractivity (Wildman–Crippen MR) is 77.8 cm³/mol. The molecule has 108 valence electrons. The molecule has 6 heteroatoms. The molecule has 1 aliphatic heterocycles. The maximum atomic E-state index is 11.9. The van der Waals surface area contributed by atoms with Gasteiger partial charge in [0.1, 0.15) is 0 Å². The van der Waals surface area contributed by atoms with Crippen LogP contribution in [-0.2, 0) is 9.59 Å².